The van der Waals surface area contributed by atoms with Gasteiger partial charge in [0, 0.05) is 17.9 Å². The largest absolute Gasteiger partial charge is 0.462 e. The molecule has 5 fully saturated rings. The van der Waals surface area contributed by atoms with Gasteiger partial charge in [-0.15, -0.1) is 0 Å². The van der Waals surface area contributed by atoms with Gasteiger partial charge in [-0.05, 0) is 62.7 Å². The Morgan fingerprint density at radius 2 is 1.77 bits per heavy atom. The summed E-state index contributed by atoms with van der Waals surface area (Å²) in [5, 5.41) is 12.4. The lowest BCUT2D eigenvalue weighted by Crippen LogP contribution is -2.65. The van der Waals surface area contributed by atoms with E-state index >= 15 is 0 Å². The molecule has 4 heteroatoms. The molecule has 8 atom stereocenters. The van der Waals surface area contributed by atoms with Crippen molar-refractivity contribution in [1.82, 2.24) is 0 Å². The fraction of sp³-hybridized carbons (Fsp3) is 0.963. The lowest BCUT2D eigenvalue weighted by atomic mass is 9.44. The number of aliphatic hydroxyl groups is 1. The van der Waals surface area contributed by atoms with E-state index in [2.05, 4.69) is 20.8 Å². The zero-order valence-electron chi connectivity index (χ0n) is 20.0. The van der Waals surface area contributed by atoms with E-state index in [4.69, 9.17) is 9.47 Å². The zero-order chi connectivity index (χ0) is 21.9. The van der Waals surface area contributed by atoms with E-state index in [1.54, 1.807) is 0 Å². The number of carbonyl (C=O) groups is 1. The van der Waals surface area contributed by atoms with Gasteiger partial charge >= 0.3 is 5.97 Å². The first-order valence-electron chi connectivity index (χ1n) is 13.3. The second-order valence-corrected chi connectivity index (χ2v) is 12.4. The minimum atomic E-state index is -0.722. The Balaban J connectivity index is 1.35. The van der Waals surface area contributed by atoms with Crippen LogP contribution in [0.3, 0.4) is 0 Å². The third kappa shape index (κ3) is 3.33. The van der Waals surface area contributed by atoms with Crippen LogP contribution in [0.1, 0.15) is 97.8 Å². The van der Waals surface area contributed by atoms with Crippen molar-refractivity contribution in [3.63, 3.8) is 0 Å². The summed E-state index contributed by atoms with van der Waals surface area (Å²) in [7, 11) is 0. The molecule has 3 unspecified atom stereocenters. The van der Waals surface area contributed by atoms with Crippen molar-refractivity contribution < 1.29 is 19.4 Å². The standard InChI is InChI=1S/C27H44O4/c1-18-15-22-23-25(2,24(28)31-22)12-8-13-26(23,3)27(18,29)14-11-20-16-30-17-21(20)19-9-6-4-5-7-10-19/h18-23,29H,4-17H2,1-3H3/t18-,20?,21?,22-,23?,25+,26-,27-/m1/s1. The molecule has 0 bridgehead atoms. The Labute approximate surface area is 188 Å². The fourth-order valence-corrected chi connectivity index (χ4v) is 9.11. The summed E-state index contributed by atoms with van der Waals surface area (Å²) in [6.45, 7) is 8.39. The van der Waals surface area contributed by atoms with Crippen molar-refractivity contribution in [2.45, 2.75) is 110 Å². The highest BCUT2D eigenvalue weighted by atomic mass is 16.6. The van der Waals surface area contributed by atoms with E-state index in [-0.39, 0.29) is 29.3 Å². The quantitative estimate of drug-likeness (QED) is 0.470. The Bertz CT molecular complexity index is 685. The van der Waals surface area contributed by atoms with E-state index in [1.165, 1.54) is 38.5 Å². The highest BCUT2D eigenvalue weighted by Gasteiger charge is 2.71. The van der Waals surface area contributed by atoms with Gasteiger partial charge in [0.1, 0.15) is 6.10 Å². The van der Waals surface area contributed by atoms with Crippen LogP contribution in [0.5, 0.6) is 0 Å². The molecule has 2 aliphatic heterocycles. The van der Waals surface area contributed by atoms with Gasteiger partial charge in [-0.25, -0.2) is 0 Å². The van der Waals surface area contributed by atoms with Crippen LogP contribution >= 0.6 is 0 Å². The molecule has 31 heavy (non-hydrogen) atoms. The second kappa shape index (κ2) is 8.01. The maximum absolute atomic E-state index is 12.8. The molecule has 0 aromatic carbocycles. The number of hydrogen-bond acceptors (Lipinski definition) is 4. The first kappa shape index (κ1) is 22.2. The van der Waals surface area contributed by atoms with Crippen LogP contribution in [0.2, 0.25) is 0 Å². The van der Waals surface area contributed by atoms with Crippen molar-refractivity contribution >= 4 is 5.97 Å². The highest BCUT2D eigenvalue weighted by molar-refractivity contribution is 5.80. The van der Waals surface area contributed by atoms with Crippen LogP contribution in [0.4, 0.5) is 0 Å². The van der Waals surface area contributed by atoms with Crippen LogP contribution in [0.25, 0.3) is 0 Å². The Kier molecular flexibility index (Phi) is 5.73. The molecule has 0 spiro atoms. The molecule has 176 valence electrons. The first-order chi connectivity index (χ1) is 14.8. The zero-order valence-corrected chi connectivity index (χ0v) is 20.0. The van der Waals surface area contributed by atoms with Crippen molar-refractivity contribution in [3.8, 4) is 0 Å². The normalized spacial score (nSPS) is 50.7. The fourth-order valence-electron chi connectivity index (χ4n) is 9.11. The molecular weight excluding hydrogens is 388 g/mol. The average molecular weight is 433 g/mol. The summed E-state index contributed by atoms with van der Waals surface area (Å²) in [6, 6.07) is 0. The van der Waals surface area contributed by atoms with Crippen molar-refractivity contribution in [2.24, 2.45) is 40.4 Å². The molecule has 3 aliphatic carbocycles. The third-order valence-electron chi connectivity index (χ3n) is 10.9. The van der Waals surface area contributed by atoms with Gasteiger partial charge in [-0.2, -0.15) is 0 Å². The molecule has 1 N–H and O–H groups in total. The summed E-state index contributed by atoms with van der Waals surface area (Å²) < 4.78 is 12.0. The second-order valence-electron chi connectivity index (χ2n) is 12.4. The van der Waals surface area contributed by atoms with Crippen LogP contribution in [0.15, 0.2) is 0 Å². The lowest BCUT2D eigenvalue weighted by molar-refractivity contribution is -0.219. The monoisotopic (exact) mass is 432 g/mol. The molecule has 0 radical (unpaired) electrons. The SMILES string of the molecule is C[C@@H]1C[C@H]2OC(=O)[C@@]3(C)CCC[C@](C)(C23)[C@@]1(O)CCC1COCC1C1CCCCCC1. The molecule has 5 rings (SSSR count). The van der Waals surface area contributed by atoms with E-state index in [0.717, 1.165) is 57.7 Å². The molecule has 0 amide bonds. The molecular formula is C27H44O4. The molecule has 5 aliphatic rings. The third-order valence-corrected chi connectivity index (χ3v) is 10.9. The Morgan fingerprint density at radius 3 is 2.52 bits per heavy atom. The Hall–Kier alpha value is -0.610. The molecule has 4 nitrogen and oxygen atoms in total. The summed E-state index contributed by atoms with van der Waals surface area (Å²) in [6.07, 6.45) is 13.9. The molecule has 2 saturated heterocycles. The van der Waals surface area contributed by atoms with Crippen LogP contribution in [-0.2, 0) is 14.3 Å². The minimum Gasteiger partial charge on any atom is -0.462 e. The maximum atomic E-state index is 12.8. The van der Waals surface area contributed by atoms with Gasteiger partial charge in [0.2, 0.25) is 0 Å². The number of hydrogen-bond donors (Lipinski definition) is 1. The smallest absolute Gasteiger partial charge is 0.312 e. The van der Waals surface area contributed by atoms with Gasteiger partial charge in [-0.1, -0.05) is 58.8 Å². The van der Waals surface area contributed by atoms with Gasteiger partial charge in [-0.3, -0.25) is 4.79 Å². The predicted molar refractivity (Wildman–Crippen MR) is 120 cm³/mol. The van der Waals surface area contributed by atoms with Gasteiger partial charge in [0.25, 0.3) is 0 Å². The van der Waals surface area contributed by atoms with Crippen LogP contribution in [0, 0.1) is 40.4 Å². The van der Waals surface area contributed by atoms with Crippen molar-refractivity contribution in [1.29, 1.82) is 0 Å². The van der Waals surface area contributed by atoms with Gasteiger partial charge < -0.3 is 14.6 Å². The number of rotatable bonds is 4. The van der Waals surface area contributed by atoms with Gasteiger partial charge in [0.15, 0.2) is 0 Å². The lowest BCUT2D eigenvalue weighted by Gasteiger charge is -2.61. The topological polar surface area (TPSA) is 55.8 Å². The highest BCUT2D eigenvalue weighted by Crippen LogP contribution is 2.67. The summed E-state index contributed by atoms with van der Waals surface area (Å²) >= 11 is 0. The van der Waals surface area contributed by atoms with E-state index < -0.39 is 11.0 Å². The predicted octanol–water partition coefficient (Wildman–Crippen LogP) is 5.51. The first-order valence-corrected chi connectivity index (χ1v) is 13.3. The number of ether oxygens (including phenoxy) is 2. The number of esters is 1. The molecule has 2 heterocycles. The maximum Gasteiger partial charge on any atom is 0.312 e. The minimum absolute atomic E-state index is 0.00775. The van der Waals surface area contributed by atoms with E-state index in [0.29, 0.717) is 11.8 Å². The average Bonchev–Trinajstić information content (AvgIpc) is 3.17. The molecule has 0 aromatic heterocycles. The summed E-state index contributed by atoms with van der Waals surface area (Å²) in [5.74, 6) is 2.37. The number of carbonyl (C=O) groups excluding carboxylic acids is 1. The van der Waals surface area contributed by atoms with E-state index in [9.17, 15) is 9.90 Å². The van der Waals surface area contributed by atoms with E-state index in [1.807, 2.05) is 0 Å². The summed E-state index contributed by atoms with van der Waals surface area (Å²) in [4.78, 5) is 12.8. The van der Waals surface area contributed by atoms with Crippen LogP contribution in [-0.4, -0.2) is 36.0 Å². The molecule has 0 aromatic rings. The molecule has 3 saturated carbocycles. The van der Waals surface area contributed by atoms with Crippen LogP contribution < -0.4 is 0 Å². The van der Waals surface area contributed by atoms with Crippen molar-refractivity contribution in [3.05, 3.63) is 0 Å². The van der Waals surface area contributed by atoms with Gasteiger partial charge in [0.05, 0.1) is 17.6 Å². The Morgan fingerprint density at radius 1 is 1.03 bits per heavy atom. The summed E-state index contributed by atoms with van der Waals surface area (Å²) in [5.41, 5.74) is -1.38. The van der Waals surface area contributed by atoms with Crippen molar-refractivity contribution in [2.75, 3.05) is 13.2 Å².